The summed E-state index contributed by atoms with van der Waals surface area (Å²) in [5.74, 6) is -4.06. The van der Waals surface area contributed by atoms with Crippen molar-refractivity contribution in [3.05, 3.63) is 0 Å². The van der Waals surface area contributed by atoms with E-state index in [1.54, 1.807) is 0 Å². The summed E-state index contributed by atoms with van der Waals surface area (Å²) in [6, 6.07) is -1.60. The molecule has 1 fully saturated rings. The summed E-state index contributed by atoms with van der Waals surface area (Å²) in [5, 5.41) is 8.50. The monoisotopic (exact) mass is 309 g/mol. The fraction of sp³-hybridized carbons (Fsp3) is 0.778. The van der Waals surface area contributed by atoms with E-state index in [-0.39, 0.29) is 4.90 Å². The first-order chi connectivity index (χ1) is 8.93. The molecule has 0 radical (unpaired) electrons. The summed E-state index contributed by atoms with van der Waals surface area (Å²) >= 11 is 0. The van der Waals surface area contributed by atoms with Gasteiger partial charge in [-0.2, -0.15) is 26.3 Å². The molecule has 0 aromatic rings. The van der Waals surface area contributed by atoms with Crippen LogP contribution in [0.4, 0.5) is 26.3 Å². The van der Waals surface area contributed by atoms with Crippen LogP contribution in [0.5, 0.6) is 0 Å². The van der Waals surface area contributed by atoms with Gasteiger partial charge in [0, 0.05) is 0 Å². The Bertz CT molecular complexity index is 393. The molecule has 0 unspecified atom stereocenters. The second-order valence-electron chi connectivity index (χ2n) is 4.07. The van der Waals surface area contributed by atoms with Gasteiger partial charge >= 0.3 is 24.2 Å². The molecule has 2 atom stereocenters. The number of carbonyl (C=O) groups is 2. The van der Waals surface area contributed by atoms with Crippen molar-refractivity contribution < 1.29 is 45.8 Å². The average molecular weight is 309 g/mol. The van der Waals surface area contributed by atoms with Gasteiger partial charge in [-0.05, 0) is 0 Å². The zero-order chi connectivity index (χ0) is 15.7. The van der Waals surface area contributed by atoms with E-state index in [9.17, 15) is 35.9 Å². The minimum absolute atomic E-state index is 0.143. The Kier molecular flexibility index (Phi) is 4.52. The van der Waals surface area contributed by atoms with Crippen LogP contribution in [0.2, 0.25) is 0 Å². The maximum Gasteiger partial charge on any atom is 0.471 e. The van der Waals surface area contributed by atoms with Gasteiger partial charge in [-0.15, -0.1) is 0 Å². The molecule has 1 aliphatic heterocycles. The largest absolute Gasteiger partial charge is 0.481 e. The Labute approximate surface area is 108 Å². The van der Waals surface area contributed by atoms with Crippen molar-refractivity contribution in [2.24, 2.45) is 0 Å². The van der Waals surface area contributed by atoms with Crippen molar-refractivity contribution in [1.29, 1.82) is 0 Å². The normalized spacial score (nSPS) is 24.6. The standard InChI is InChI=1S/C9H9F6NO4/c10-8(11,12)5-2-16(7(19)9(13,14)15)4(3-20-5)1-6(17)18/h4-5H,1-3H2,(H,17,18)/t4-,5-/m1/s1. The van der Waals surface area contributed by atoms with Crippen LogP contribution in [-0.2, 0) is 14.3 Å². The zero-order valence-electron chi connectivity index (χ0n) is 9.66. The number of alkyl halides is 6. The number of rotatable bonds is 2. The number of amides is 1. The first kappa shape index (κ1) is 16.5. The van der Waals surface area contributed by atoms with E-state index < -0.39 is 55.9 Å². The molecule has 0 aromatic heterocycles. The van der Waals surface area contributed by atoms with E-state index in [0.29, 0.717) is 0 Å². The molecule has 116 valence electrons. The predicted octanol–water partition coefficient (Wildman–Crippen LogP) is 1.18. The Morgan fingerprint density at radius 1 is 1.20 bits per heavy atom. The predicted molar refractivity (Wildman–Crippen MR) is 49.6 cm³/mol. The third-order valence-corrected chi connectivity index (χ3v) is 2.57. The molecular formula is C9H9F6NO4. The highest BCUT2D eigenvalue weighted by Gasteiger charge is 2.52. The summed E-state index contributed by atoms with van der Waals surface area (Å²) in [6.45, 7) is -2.32. The van der Waals surface area contributed by atoms with Crippen molar-refractivity contribution >= 4 is 11.9 Å². The molecule has 5 nitrogen and oxygen atoms in total. The summed E-state index contributed by atoms with van der Waals surface area (Å²) in [6.07, 6.45) is -13.8. The quantitative estimate of drug-likeness (QED) is 0.778. The zero-order valence-corrected chi connectivity index (χ0v) is 9.66. The first-order valence-electron chi connectivity index (χ1n) is 5.21. The second kappa shape index (κ2) is 5.46. The summed E-state index contributed by atoms with van der Waals surface area (Å²) in [7, 11) is 0. The average Bonchev–Trinajstić information content (AvgIpc) is 2.25. The van der Waals surface area contributed by atoms with E-state index >= 15 is 0 Å². The molecule has 11 heteroatoms. The first-order valence-corrected chi connectivity index (χ1v) is 5.21. The molecule has 0 saturated carbocycles. The third kappa shape index (κ3) is 3.99. The van der Waals surface area contributed by atoms with E-state index in [0.717, 1.165) is 0 Å². The molecular weight excluding hydrogens is 300 g/mol. The highest BCUT2D eigenvalue weighted by Crippen LogP contribution is 2.30. The molecule has 1 aliphatic rings. The maximum atomic E-state index is 12.4. The molecule has 0 bridgehead atoms. The number of aliphatic carboxylic acids is 1. The fourth-order valence-electron chi connectivity index (χ4n) is 1.68. The van der Waals surface area contributed by atoms with Gasteiger partial charge in [0.25, 0.3) is 0 Å². The number of ether oxygens (including phenoxy) is 1. The molecule has 1 rings (SSSR count). The van der Waals surface area contributed by atoms with E-state index in [2.05, 4.69) is 4.74 Å². The van der Waals surface area contributed by atoms with Gasteiger partial charge in [-0.3, -0.25) is 9.59 Å². The Hall–Kier alpha value is -1.52. The summed E-state index contributed by atoms with van der Waals surface area (Å²) in [5.41, 5.74) is 0. The summed E-state index contributed by atoms with van der Waals surface area (Å²) in [4.78, 5) is 21.4. The Balaban J connectivity index is 2.94. The van der Waals surface area contributed by atoms with E-state index in [4.69, 9.17) is 5.11 Å². The number of carbonyl (C=O) groups excluding carboxylic acids is 1. The number of carboxylic acids is 1. The lowest BCUT2D eigenvalue weighted by atomic mass is 10.1. The van der Waals surface area contributed by atoms with Gasteiger partial charge < -0.3 is 14.7 Å². The fourth-order valence-corrected chi connectivity index (χ4v) is 1.68. The van der Waals surface area contributed by atoms with Crippen LogP contribution in [0.25, 0.3) is 0 Å². The number of halogens is 6. The Morgan fingerprint density at radius 3 is 2.15 bits per heavy atom. The van der Waals surface area contributed by atoms with Crippen LogP contribution >= 0.6 is 0 Å². The minimum atomic E-state index is -5.38. The summed E-state index contributed by atoms with van der Waals surface area (Å²) < 4.78 is 78.4. The molecule has 1 amide bonds. The second-order valence-corrected chi connectivity index (χ2v) is 4.07. The van der Waals surface area contributed by atoms with Crippen molar-refractivity contribution in [3.63, 3.8) is 0 Å². The van der Waals surface area contributed by atoms with Gasteiger partial charge in [0.05, 0.1) is 25.6 Å². The van der Waals surface area contributed by atoms with Crippen molar-refractivity contribution in [3.8, 4) is 0 Å². The molecule has 1 heterocycles. The number of hydrogen-bond donors (Lipinski definition) is 1. The van der Waals surface area contributed by atoms with Crippen LogP contribution in [0.1, 0.15) is 6.42 Å². The van der Waals surface area contributed by atoms with Crippen molar-refractivity contribution in [2.75, 3.05) is 13.2 Å². The number of carboxylic acid groups (broad SMARTS) is 1. The van der Waals surface area contributed by atoms with Crippen molar-refractivity contribution in [2.45, 2.75) is 30.9 Å². The molecule has 0 aromatic carbocycles. The van der Waals surface area contributed by atoms with Gasteiger partial charge in [0.15, 0.2) is 6.10 Å². The number of nitrogens with zero attached hydrogens (tertiary/aromatic N) is 1. The van der Waals surface area contributed by atoms with Gasteiger partial charge in [0.1, 0.15) is 0 Å². The van der Waals surface area contributed by atoms with E-state index in [1.165, 1.54) is 0 Å². The highest BCUT2D eigenvalue weighted by molar-refractivity contribution is 5.83. The van der Waals surface area contributed by atoms with Gasteiger partial charge in [-0.25, -0.2) is 0 Å². The molecule has 0 spiro atoms. The smallest absolute Gasteiger partial charge is 0.471 e. The lowest BCUT2D eigenvalue weighted by Gasteiger charge is -2.39. The minimum Gasteiger partial charge on any atom is -0.481 e. The van der Waals surface area contributed by atoms with Crippen LogP contribution in [0, 0.1) is 0 Å². The lowest BCUT2D eigenvalue weighted by Crippen LogP contribution is -2.59. The molecule has 1 saturated heterocycles. The Morgan fingerprint density at radius 2 is 1.75 bits per heavy atom. The number of morpholine rings is 1. The SMILES string of the molecule is O=C(O)C[C@@H]1CO[C@@H](C(F)(F)F)CN1C(=O)C(F)(F)F. The molecule has 20 heavy (non-hydrogen) atoms. The highest BCUT2D eigenvalue weighted by atomic mass is 19.4. The van der Waals surface area contributed by atoms with Crippen molar-refractivity contribution in [1.82, 2.24) is 4.90 Å². The van der Waals surface area contributed by atoms with E-state index in [1.807, 2.05) is 0 Å². The maximum absolute atomic E-state index is 12.4. The van der Waals surface area contributed by atoms with Gasteiger partial charge in [0.2, 0.25) is 0 Å². The number of hydrogen-bond acceptors (Lipinski definition) is 3. The van der Waals surface area contributed by atoms with Gasteiger partial charge in [-0.1, -0.05) is 0 Å². The van der Waals surface area contributed by atoms with Crippen LogP contribution < -0.4 is 0 Å². The third-order valence-electron chi connectivity index (χ3n) is 2.57. The topological polar surface area (TPSA) is 66.8 Å². The lowest BCUT2D eigenvalue weighted by molar-refractivity contribution is -0.250. The molecule has 1 N–H and O–H groups in total. The molecule has 0 aliphatic carbocycles. The van der Waals surface area contributed by atoms with Crippen LogP contribution in [-0.4, -0.2) is 59.5 Å². The van der Waals surface area contributed by atoms with Crippen LogP contribution in [0.3, 0.4) is 0 Å². The van der Waals surface area contributed by atoms with Crippen LogP contribution in [0.15, 0.2) is 0 Å².